The number of aromatic nitrogens is 1. The average molecular weight is 589 g/mol. The van der Waals surface area contributed by atoms with Crippen molar-refractivity contribution in [2.24, 2.45) is 4.99 Å². The van der Waals surface area contributed by atoms with E-state index in [4.69, 9.17) is 25.8 Å². The highest BCUT2D eigenvalue weighted by Crippen LogP contribution is 2.31. The van der Waals surface area contributed by atoms with Crippen LogP contribution in [-0.4, -0.2) is 30.2 Å². The third kappa shape index (κ3) is 5.59. The molecule has 1 aliphatic heterocycles. The van der Waals surface area contributed by atoms with Gasteiger partial charge in [-0.15, -0.1) is 0 Å². The van der Waals surface area contributed by atoms with Crippen molar-refractivity contribution in [3.63, 3.8) is 0 Å². The molecule has 41 heavy (non-hydrogen) atoms. The van der Waals surface area contributed by atoms with Crippen LogP contribution in [0.25, 0.3) is 6.08 Å². The molecule has 0 saturated carbocycles. The molecule has 1 aromatic heterocycles. The third-order valence-corrected chi connectivity index (χ3v) is 7.73. The number of esters is 2. The molecule has 10 heteroatoms. The molecule has 0 fully saturated rings. The predicted molar refractivity (Wildman–Crippen MR) is 156 cm³/mol. The van der Waals surface area contributed by atoms with E-state index in [-0.39, 0.29) is 28.5 Å². The summed E-state index contributed by atoms with van der Waals surface area (Å²) in [6, 6.07) is 20.2. The number of hydrogen-bond acceptors (Lipinski definition) is 8. The van der Waals surface area contributed by atoms with E-state index in [1.165, 1.54) is 23.0 Å². The smallest absolute Gasteiger partial charge is 0.345 e. The van der Waals surface area contributed by atoms with Gasteiger partial charge in [0.25, 0.3) is 5.56 Å². The number of carbonyl (C=O) groups is 2. The van der Waals surface area contributed by atoms with Gasteiger partial charge in [-0.1, -0.05) is 71.5 Å². The SMILES string of the molecule is CCOC(=O)C1=C(C)N=c2s/c(=C/c3ccc(OC(=O)c4ccccc4Cl)c(OC)c3)c(=O)n2[C@@H]1c1ccccc1. The molecule has 1 atom stereocenters. The highest BCUT2D eigenvalue weighted by molar-refractivity contribution is 7.07. The number of fused-ring (bicyclic) bond motifs is 1. The van der Waals surface area contributed by atoms with Crippen LogP contribution in [0, 0.1) is 0 Å². The number of methoxy groups -OCH3 is 1. The lowest BCUT2D eigenvalue weighted by Gasteiger charge is -2.24. The van der Waals surface area contributed by atoms with Gasteiger partial charge < -0.3 is 14.2 Å². The Morgan fingerprint density at radius 2 is 1.76 bits per heavy atom. The van der Waals surface area contributed by atoms with E-state index in [2.05, 4.69) is 4.99 Å². The summed E-state index contributed by atoms with van der Waals surface area (Å²) in [5.74, 6) is -0.628. The Morgan fingerprint density at radius 1 is 1.02 bits per heavy atom. The maximum atomic E-state index is 13.8. The summed E-state index contributed by atoms with van der Waals surface area (Å²) < 4.78 is 18.3. The van der Waals surface area contributed by atoms with Crippen LogP contribution < -0.4 is 24.4 Å². The minimum Gasteiger partial charge on any atom is -0.493 e. The van der Waals surface area contributed by atoms with Crippen molar-refractivity contribution in [1.82, 2.24) is 4.57 Å². The minimum absolute atomic E-state index is 0.201. The van der Waals surface area contributed by atoms with Gasteiger partial charge in [-0.2, -0.15) is 0 Å². The van der Waals surface area contributed by atoms with Crippen molar-refractivity contribution in [3.05, 3.63) is 125 Å². The molecular weight excluding hydrogens is 564 g/mol. The molecule has 0 aliphatic carbocycles. The van der Waals surface area contributed by atoms with Gasteiger partial charge in [-0.25, -0.2) is 14.6 Å². The summed E-state index contributed by atoms with van der Waals surface area (Å²) >= 11 is 7.34. The van der Waals surface area contributed by atoms with Crippen LogP contribution in [-0.2, 0) is 9.53 Å². The number of ether oxygens (including phenoxy) is 3. The largest absolute Gasteiger partial charge is 0.493 e. The van der Waals surface area contributed by atoms with E-state index in [9.17, 15) is 14.4 Å². The second kappa shape index (κ2) is 12.0. The quantitative estimate of drug-likeness (QED) is 0.230. The first-order valence-electron chi connectivity index (χ1n) is 12.7. The Balaban J connectivity index is 1.55. The fraction of sp³-hybridized carbons (Fsp3) is 0.161. The zero-order valence-electron chi connectivity index (χ0n) is 22.4. The molecule has 3 aromatic carbocycles. The van der Waals surface area contributed by atoms with Crippen LogP contribution in [0.2, 0.25) is 5.02 Å². The van der Waals surface area contributed by atoms with Crippen molar-refractivity contribution in [3.8, 4) is 11.5 Å². The molecule has 0 unspecified atom stereocenters. The first kappa shape index (κ1) is 28.1. The molecular formula is C31H25ClN2O6S. The summed E-state index contributed by atoms with van der Waals surface area (Å²) in [6.07, 6.45) is 1.71. The Labute approximate surface area is 244 Å². The van der Waals surface area contributed by atoms with Gasteiger partial charge in [0.15, 0.2) is 16.3 Å². The second-order valence-corrected chi connectivity index (χ2v) is 10.4. The first-order chi connectivity index (χ1) is 19.8. The number of thiazole rings is 1. The number of benzene rings is 3. The molecule has 2 heterocycles. The van der Waals surface area contributed by atoms with Gasteiger partial charge >= 0.3 is 11.9 Å². The molecule has 0 radical (unpaired) electrons. The highest BCUT2D eigenvalue weighted by Gasteiger charge is 2.33. The molecule has 8 nitrogen and oxygen atoms in total. The molecule has 208 valence electrons. The maximum Gasteiger partial charge on any atom is 0.345 e. The molecule has 4 aromatic rings. The maximum absolute atomic E-state index is 13.8. The van der Waals surface area contributed by atoms with E-state index < -0.39 is 18.0 Å². The number of halogens is 1. The van der Waals surface area contributed by atoms with E-state index >= 15 is 0 Å². The van der Waals surface area contributed by atoms with Crippen LogP contribution in [0.1, 0.15) is 41.4 Å². The fourth-order valence-electron chi connectivity index (χ4n) is 4.53. The molecule has 0 spiro atoms. The fourth-order valence-corrected chi connectivity index (χ4v) is 5.79. The highest BCUT2D eigenvalue weighted by atomic mass is 35.5. The Morgan fingerprint density at radius 3 is 2.46 bits per heavy atom. The van der Waals surface area contributed by atoms with Crippen LogP contribution in [0.5, 0.6) is 11.5 Å². The Bertz CT molecular complexity index is 1860. The normalized spacial score (nSPS) is 14.7. The molecule has 0 amide bonds. The summed E-state index contributed by atoms with van der Waals surface area (Å²) in [4.78, 5) is 44.5. The first-order valence-corrected chi connectivity index (χ1v) is 13.9. The zero-order chi connectivity index (χ0) is 29.1. The van der Waals surface area contributed by atoms with Crippen LogP contribution in [0.15, 0.2) is 93.9 Å². The third-order valence-electron chi connectivity index (χ3n) is 6.41. The van der Waals surface area contributed by atoms with Gasteiger partial charge in [-0.05, 0) is 55.3 Å². The second-order valence-electron chi connectivity index (χ2n) is 8.99. The van der Waals surface area contributed by atoms with Gasteiger partial charge in [0.1, 0.15) is 0 Å². The Kier molecular flexibility index (Phi) is 8.19. The monoisotopic (exact) mass is 588 g/mol. The lowest BCUT2D eigenvalue weighted by Crippen LogP contribution is -2.39. The summed E-state index contributed by atoms with van der Waals surface area (Å²) in [5.41, 5.74) is 2.16. The van der Waals surface area contributed by atoms with Gasteiger partial charge in [0, 0.05) is 0 Å². The average Bonchev–Trinajstić information content (AvgIpc) is 3.27. The number of hydrogen-bond donors (Lipinski definition) is 0. The number of allylic oxidation sites excluding steroid dienone is 1. The van der Waals surface area contributed by atoms with Crippen molar-refractivity contribution >= 4 is 41.0 Å². The van der Waals surface area contributed by atoms with Gasteiger partial charge in [-0.3, -0.25) is 9.36 Å². The molecule has 0 saturated heterocycles. The van der Waals surface area contributed by atoms with Crippen LogP contribution >= 0.6 is 22.9 Å². The van der Waals surface area contributed by atoms with Gasteiger partial charge in [0.2, 0.25) is 0 Å². The lowest BCUT2D eigenvalue weighted by molar-refractivity contribution is -0.139. The summed E-state index contributed by atoms with van der Waals surface area (Å²) in [6.45, 7) is 3.68. The van der Waals surface area contributed by atoms with E-state index in [1.807, 2.05) is 30.3 Å². The van der Waals surface area contributed by atoms with Crippen molar-refractivity contribution in [2.75, 3.05) is 13.7 Å². The molecule has 0 N–H and O–H groups in total. The molecule has 0 bridgehead atoms. The number of carbonyl (C=O) groups excluding carboxylic acids is 2. The van der Waals surface area contributed by atoms with E-state index in [0.717, 1.165) is 5.56 Å². The molecule has 1 aliphatic rings. The van der Waals surface area contributed by atoms with Crippen molar-refractivity contribution < 1.29 is 23.8 Å². The van der Waals surface area contributed by atoms with Crippen LogP contribution in [0.3, 0.4) is 0 Å². The van der Waals surface area contributed by atoms with Crippen molar-refractivity contribution in [2.45, 2.75) is 19.9 Å². The van der Waals surface area contributed by atoms with Crippen molar-refractivity contribution in [1.29, 1.82) is 0 Å². The standard InChI is InChI=1S/C31H25ClN2O6S/c1-4-39-30(37)26-18(2)33-31-34(27(26)20-10-6-5-7-11-20)28(35)25(41-31)17-19-14-15-23(24(16-19)38-3)40-29(36)21-12-8-9-13-22(21)32/h5-17,27H,4H2,1-3H3/b25-17+/t27-/m1/s1. The van der Waals surface area contributed by atoms with E-state index in [1.54, 1.807) is 62.4 Å². The minimum atomic E-state index is -0.685. The molecule has 5 rings (SSSR count). The topological polar surface area (TPSA) is 96.2 Å². The predicted octanol–water partition coefficient (Wildman–Crippen LogP) is 4.68. The summed E-state index contributed by atoms with van der Waals surface area (Å²) in [7, 11) is 1.46. The Hall–Kier alpha value is -4.47. The number of rotatable bonds is 7. The number of nitrogens with zero attached hydrogens (tertiary/aromatic N) is 2. The van der Waals surface area contributed by atoms with Crippen LogP contribution in [0.4, 0.5) is 0 Å². The van der Waals surface area contributed by atoms with E-state index in [0.29, 0.717) is 31.9 Å². The zero-order valence-corrected chi connectivity index (χ0v) is 24.0. The summed E-state index contributed by atoms with van der Waals surface area (Å²) in [5, 5.41) is 0.276. The lowest BCUT2D eigenvalue weighted by atomic mass is 9.96. The van der Waals surface area contributed by atoms with Gasteiger partial charge in [0.05, 0.1) is 46.1 Å².